The fraction of sp³-hybridized carbons (Fsp3) is 0.320. The molecular weight excluding hydrogens is 479 g/mol. The third kappa shape index (κ3) is 5.63. The molecule has 1 fully saturated rings. The van der Waals surface area contributed by atoms with Gasteiger partial charge in [0.1, 0.15) is 17.3 Å². The van der Waals surface area contributed by atoms with E-state index in [-0.39, 0.29) is 42.1 Å². The molecule has 2 aromatic carbocycles. The Balaban J connectivity index is 1.25. The summed E-state index contributed by atoms with van der Waals surface area (Å²) in [5, 5.41) is 16.2. The van der Waals surface area contributed by atoms with E-state index in [2.05, 4.69) is 10.6 Å². The van der Waals surface area contributed by atoms with Crippen LogP contribution in [0, 0.1) is 5.82 Å². The molecule has 0 aliphatic heterocycles. The van der Waals surface area contributed by atoms with Crippen LogP contribution in [-0.4, -0.2) is 47.6 Å². The van der Waals surface area contributed by atoms with Gasteiger partial charge in [0, 0.05) is 23.7 Å². The third-order valence-corrected chi connectivity index (χ3v) is 6.40. The number of hydrogen-bond acceptors (Lipinski definition) is 6. The molecule has 3 aliphatic rings. The molecule has 184 valence electrons. The van der Waals surface area contributed by atoms with Crippen LogP contribution in [0.4, 0.5) is 4.39 Å². The van der Waals surface area contributed by atoms with Crippen molar-refractivity contribution in [1.29, 1.82) is 0 Å². The van der Waals surface area contributed by atoms with Crippen molar-refractivity contribution < 1.29 is 33.4 Å². The maximum absolute atomic E-state index is 13.5. The second kappa shape index (κ2) is 10.1. The molecule has 2 bridgehead atoms. The molecule has 0 unspecified atom stereocenters. The van der Waals surface area contributed by atoms with E-state index < -0.39 is 23.4 Å². The van der Waals surface area contributed by atoms with E-state index in [0.717, 1.165) is 11.6 Å². The number of aliphatic hydroxyl groups is 1. The van der Waals surface area contributed by atoms with Crippen molar-refractivity contribution in [3.05, 3.63) is 70.1 Å². The van der Waals surface area contributed by atoms with Crippen molar-refractivity contribution in [3.63, 3.8) is 0 Å². The fourth-order valence-electron chi connectivity index (χ4n) is 4.17. The van der Waals surface area contributed by atoms with E-state index in [1.807, 2.05) is 0 Å². The first-order chi connectivity index (χ1) is 16.6. The van der Waals surface area contributed by atoms with Gasteiger partial charge in [-0.1, -0.05) is 11.6 Å². The SMILES string of the molecule is CC(=O)c1ccc(OCC(=O)NC23CC(=C(NC(=O)COc4ccc(Cl)c(F)c4)C[C@@H]2O)C3)cc1. The van der Waals surface area contributed by atoms with Crippen molar-refractivity contribution in [2.24, 2.45) is 0 Å². The van der Waals surface area contributed by atoms with Gasteiger partial charge in [-0.05, 0) is 61.7 Å². The predicted molar refractivity (Wildman–Crippen MR) is 125 cm³/mol. The van der Waals surface area contributed by atoms with Gasteiger partial charge in [-0.3, -0.25) is 14.4 Å². The molecule has 3 aliphatic carbocycles. The second-order valence-electron chi connectivity index (χ2n) is 8.64. The highest BCUT2D eigenvalue weighted by atomic mass is 35.5. The largest absolute Gasteiger partial charge is 0.484 e. The first-order valence-corrected chi connectivity index (χ1v) is 11.3. The number of aliphatic hydroxyl groups excluding tert-OH is 1. The van der Waals surface area contributed by atoms with Crippen LogP contribution in [-0.2, 0) is 9.59 Å². The van der Waals surface area contributed by atoms with Gasteiger partial charge in [0.25, 0.3) is 11.8 Å². The molecule has 8 nitrogen and oxygen atoms in total. The molecule has 2 amide bonds. The van der Waals surface area contributed by atoms with Crippen molar-refractivity contribution in [3.8, 4) is 11.5 Å². The number of amides is 2. The zero-order valence-corrected chi connectivity index (χ0v) is 19.7. The molecule has 1 atom stereocenters. The minimum Gasteiger partial charge on any atom is -0.484 e. The monoisotopic (exact) mass is 502 g/mol. The van der Waals surface area contributed by atoms with Crippen molar-refractivity contribution in [2.75, 3.05) is 13.2 Å². The number of ether oxygens (including phenoxy) is 2. The molecule has 1 saturated carbocycles. The van der Waals surface area contributed by atoms with Gasteiger partial charge in [-0.15, -0.1) is 0 Å². The lowest BCUT2D eigenvalue weighted by Crippen LogP contribution is -2.65. The smallest absolute Gasteiger partial charge is 0.262 e. The minimum absolute atomic E-state index is 0.0413. The summed E-state index contributed by atoms with van der Waals surface area (Å²) in [6.07, 6.45) is 0.100. The highest BCUT2D eigenvalue weighted by Crippen LogP contribution is 2.47. The Morgan fingerprint density at radius 2 is 1.69 bits per heavy atom. The maximum atomic E-state index is 13.5. The number of benzene rings is 2. The Bertz CT molecular complexity index is 1190. The fourth-order valence-corrected chi connectivity index (χ4v) is 4.29. The van der Waals surface area contributed by atoms with Gasteiger partial charge in [0.15, 0.2) is 19.0 Å². The summed E-state index contributed by atoms with van der Waals surface area (Å²) < 4.78 is 24.2. The van der Waals surface area contributed by atoms with Gasteiger partial charge < -0.3 is 25.2 Å². The van der Waals surface area contributed by atoms with E-state index in [1.54, 1.807) is 24.3 Å². The first kappa shape index (κ1) is 24.7. The number of Topliss-reactive ketones (excluding diaryl/α,β-unsaturated/α-hetero) is 1. The van der Waals surface area contributed by atoms with Gasteiger partial charge in [0.2, 0.25) is 0 Å². The summed E-state index contributed by atoms with van der Waals surface area (Å²) >= 11 is 5.63. The molecule has 0 heterocycles. The van der Waals surface area contributed by atoms with Crippen LogP contribution in [0.5, 0.6) is 11.5 Å². The van der Waals surface area contributed by atoms with Crippen LogP contribution in [0.15, 0.2) is 53.7 Å². The lowest BCUT2D eigenvalue weighted by Gasteiger charge is -2.52. The molecule has 0 spiro atoms. The molecule has 10 heteroatoms. The first-order valence-electron chi connectivity index (χ1n) is 11.0. The van der Waals surface area contributed by atoms with Crippen molar-refractivity contribution in [2.45, 2.75) is 37.8 Å². The standard InChI is InChI=1S/C25H24ClFN2O6/c1-14(30)15-2-4-17(5-3-15)34-13-24(33)29-25-10-16(11-25)21(9-22(25)31)28-23(32)12-35-18-6-7-19(26)20(27)8-18/h2-8,22,31H,9-13H2,1H3,(H,28,32)(H,29,33)/t22-/m0/s1. The Hall–Kier alpha value is -3.43. The molecule has 0 aromatic heterocycles. The average molecular weight is 503 g/mol. The number of rotatable bonds is 9. The van der Waals surface area contributed by atoms with Crippen LogP contribution >= 0.6 is 11.6 Å². The van der Waals surface area contributed by atoms with Gasteiger partial charge in [-0.25, -0.2) is 4.39 Å². The maximum Gasteiger partial charge on any atom is 0.262 e. The molecule has 5 rings (SSSR count). The average Bonchev–Trinajstić information content (AvgIpc) is 2.79. The summed E-state index contributed by atoms with van der Waals surface area (Å²) in [4.78, 5) is 36.0. The second-order valence-corrected chi connectivity index (χ2v) is 9.05. The van der Waals surface area contributed by atoms with E-state index in [1.165, 1.54) is 19.1 Å². The normalized spacial score (nSPS) is 20.5. The Kier molecular flexibility index (Phi) is 7.09. The Morgan fingerprint density at radius 3 is 2.31 bits per heavy atom. The lowest BCUT2D eigenvalue weighted by molar-refractivity contribution is -0.129. The molecular formula is C25H24ClFN2O6. The summed E-state index contributed by atoms with van der Waals surface area (Å²) in [6, 6.07) is 10.4. The van der Waals surface area contributed by atoms with E-state index in [4.69, 9.17) is 21.1 Å². The number of hydrogen-bond donors (Lipinski definition) is 3. The van der Waals surface area contributed by atoms with E-state index in [9.17, 15) is 23.9 Å². The quantitative estimate of drug-likeness (QED) is 0.454. The summed E-state index contributed by atoms with van der Waals surface area (Å²) in [5.41, 5.74) is 1.29. The van der Waals surface area contributed by atoms with Crippen molar-refractivity contribution in [1.82, 2.24) is 10.6 Å². The van der Waals surface area contributed by atoms with Crippen LogP contribution in [0.2, 0.25) is 5.02 Å². The van der Waals surface area contributed by atoms with Crippen LogP contribution in [0.3, 0.4) is 0 Å². The summed E-state index contributed by atoms with van der Waals surface area (Å²) in [6.45, 7) is 0.896. The number of ketones is 1. The van der Waals surface area contributed by atoms with Crippen LogP contribution in [0.1, 0.15) is 36.5 Å². The van der Waals surface area contributed by atoms with Crippen LogP contribution in [0.25, 0.3) is 0 Å². The van der Waals surface area contributed by atoms with E-state index in [0.29, 0.717) is 29.9 Å². The lowest BCUT2D eigenvalue weighted by atomic mass is 9.62. The molecule has 0 radical (unpaired) electrons. The Morgan fingerprint density at radius 1 is 1.06 bits per heavy atom. The number of carbonyl (C=O) groups excluding carboxylic acids is 3. The molecule has 3 N–H and O–H groups in total. The number of nitrogens with one attached hydrogen (secondary N) is 2. The van der Waals surface area contributed by atoms with Crippen LogP contribution < -0.4 is 20.1 Å². The third-order valence-electron chi connectivity index (χ3n) is 6.09. The van der Waals surface area contributed by atoms with Gasteiger partial charge in [-0.2, -0.15) is 0 Å². The topological polar surface area (TPSA) is 114 Å². The highest BCUT2D eigenvalue weighted by Gasteiger charge is 2.52. The molecule has 35 heavy (non-hydrogen) atoms. The van der Waals surface area contributed by atoms with Gasteiger partial charge in [0.05, 0.1) is 16.7 Å². The Labute approximate surface area is 206 Å². The highest BCUT2D eigenvalue weighted by molar-refractivity contribution is 6.30. The minimum atomic E-state index is -0.889. The molecule has 0 saturated heterocycles. The molecule has 2 aromatic rings. The zero-order valence-electron chi connectivity index (χ0n) is 18.9. The summed E-state index contributed by atoms with van der Waals surface area (Å²) in [7, 11) is 0. The number of carbonyl (C=O) groups is 3. The van der Waals surface area contributed by atoms with E-state index >= 15 is 0 Å². The number of halogens is 2. The summed E-state index contributed by atoms with van der Waals surface area (Å²) in [5.74, 6) is -0.902. The van der Waals surface area contributed by atoms with Gasteiger partial charge >= 0.3 is 0 Å². The number of fused-ring (bicyclic) bond motifs is 2. The van der Waals surface area contributed by atoms with Crippen molar-refractivity contribution >= 4 is 29.2 Å². The zero-order chi connectivity index (χ0) is 25.2. The predicted octanol–water partition coefficient (Wildman–Crippen LogP) is 2.92.